The lowest BCUT2D eigenvalue weighted by atomic mass is 10.2. The fourth-order valence-electron chi connectivity index (χ4n) is 0.783. The molecule has 3 N–H and O–H groups in total. The molecule has 0 aliphatic rings. The molecule has 0 heterocycles. The quantitative estimate of drug-likeness (QED) is 0.642. The molecule has 0 aromatic rings. The highest BCUT2D eigenvalue weighted by Crippen LogP contribution is 2.17. The second-order valence-electron chi connectivity index (χ2n) is 2.97. The van der Waals surface area contributed by atoms with Crippen molar-refractivity contribution in [2.24, 2.45) is 5.73 Å². The molecule has 0 saturated carbocycles. The molecule has 1 amide bonds. The Kier molecular flexibility index (Phi) is 7.90. The number of nitrogens with two attached hydrogens (primary N) is 1. The van der Waals surface area contributed by atoms with E-state index in [1.54, 1.807) is 10.8 Å². The van der Waals surface area contributed by atoms with E-state index in [0.717, 1.165) is 0 Å². The number of rotatable bonds is 7. The van der Waals surface area contributed by atoms with Gasteiger partial charge in [-0.3, -0.25) is 9.59 Å². The van der Waals surface area contributed by atoms with Gasteiger partial charge in [-0.15, -0.1) is 0 Å². The van der Waals surface area contributed by atoms with Crippen LogP contribution >= 0.6 is 21.6 Å². The number of carbonyl (C=O) groups excluding carboxylic acids is 2. The van der Waals surface area contributed by atoms with Crippen molar-refractivity contribution in [3.8, 4) is 0 Å². The van der Waals surface area contributed by atoms with E-state index in [4.69, 9.17) is 12.7 Å². The normalized spacial score (nSPS) is 14.4. The van der Waals surface area contributed by atoms with Crippen molar-refractivity contribution in [1.82, 2.24) is 5.32 Å². The van der Waals surface area contributed by atoms with Crippen LogP contribution in [-0.4, -0.2) is 35.8 Å². The maximum absolute atomic E-state index is 11.4. The van der Waals surface area contributed by atoms with Crippen LogP contribution in [0.3, 0.4) is 0 Å². The van der Waals surface area contributed by atoms with Gasteiger partial charge in [0.25, 0.3) is 0 Å². The Bertz CT molecular complexity index is 224. The zero-order chi connectivity index (χ0) is 11.8. The summed E-state index contributed by atoms with van der Waals surface area (Å²) in [6.45, 7) is 6.69. The molecule has 0 saturated heterocycles. The molecule has 0 aromatic heterocycles. The molecule has 86 valence electrons. The van der Waals surface area contributed by atoms with Crippen molar-refractivity contribution in [2.45, 2.75) is 25.4 Å². The van der Waals surface area contributed by atoms with Gasteiger partial charge in [-0.05, 0) is 26.5 Å². The second kappa shape index (κ2) is 8.01. The first kappa shape index (κ1) is 14.8. The summed E-state index contributed by atoms with van der Waals surface area (Å²) in [6.07, 6.45) is 1.99. The minimum atomic E-state index is -0.744. The first-order valence-corrected chi connectivity index (χ1v) is 7.17. The van der Waals surface area contributed by atoms with E-state index >= 15 is 0 Å². The summed E-state index contributed by atoms with van der Waals surface area (Å²) in [5.74, 6) is 0.0908. The zero-order valence-corrected chi connectivity index (χ0v) is 10.5. The minimum Gasteiger partial charge on any atom is -0.344 e. The predicted octanol–water partition coefficient (Wildman–Crippen LogP) is 0.500. The molecule has 0 bridgehead atoms. The molecular weight excluding hydrogens is 232 g/mol. The van der Waals surface area contributed by atoms with E-state index in [1.807, 2.05) is 6.26 Å². The van der Waals surface area contributed by atoms with E-state index in [9.17, 15) is 9.59 Å². The maximum atomic E-state index is 11.4. The smallest absolute Gasteiger partial charge is 0.237 e. The van der Waals surface area contributed by atoms with Crippen LogP contribution in [0, 0.1) is 6.92 Å². The molecule has 2 atom stereocenters. The molecule has 2 unspecified atom stereocenters. The first-order chi connectivity index (χ1) is 7.02. The SMILES string of the molecule is [CH]CC(N)C(=O)NC(CSSC)C(C)=O. The Labute approximate surface area is 98.5 Å². The van der Waals surface area contributed by atoms with E-state index in [2.05, 4.69) is 5.32 Å². The van der Waals surface area contributed by atoms with Crippen LogP contribution in [0.2, 0.25) is 0 Å². The van der Waals surface area contributed by atoms with Gasteiger partial charge in [0, 0.05) is 5.75 Å². The second-order valence-corrected chi connectivity index (χ2v) is 5.57. The topological polar surface area (TPSA) is 72.2 Å². The summed E-state index contributed by atoms with van der Waals surface area (Å²) in [7, 11) is 3.06. The van der Waals surface area contributed by atoms with Crippen LogP contribution in [0.5, 0.6) is 0 Å². The summed E-state index contributed by atoms with van der Waals surface area (Å²) in [5, 5.41) is 2.57. The van der Waals surface area contributed by atoms with Gasteiger partial charge in [-0.25, -0.2) is 0 Å². The summed E-state index contributed by atoms with van der Waals surface area (Å²) in [4.78, 5) is 22.6. The molecule has 0 rings (SSSR count). The molecule has 15 heavy (non-hydrogen) atoms. The largest absolute Gasteiger partial charge is 0.344 e. The highest BCUT2D eigenvalue weighted by Gasteiger charge is 2.19. The Balaban J connectivity index is 4.16. The fraction of sp³-hybridized carbons (Fsp3) is 0.667. The summed E-state index contributed by atoms with van der Waals surface area (Å²) >= 11 is 0. The third-order valence-corrected chi connectivity index (χ3v) is 3.57. The maximum Gasteiger partial charge on any atom is 0.237 e. The van der Waals surface area contributed by atoms with Gasteiger partial charge in [-0.1, -0.05) is 21.6 Å². The standard InChI is InChI=1S/C9H16N2O2S2/c1-4-7(10)9(13)11-8(6(2)12)5-15-14-3/h1,7-8H,4-5,10H2,2-3H3,(H,11,13). The van der Waals surface area contributed by atoms with Crippen molar-refractivity contribution in [3.05, 3.63) is 6.92 Å². The van der Waals surface area contributed by atoms with Gasteiger partial charge in [0.05, 0.1) is 12.1 Å². The van der Waals surface area contributed by atoms with E-state index in [0.29, 0.717) is 5.75 Å². The lowest BCUT2D eigenvalue weighted by molar-refractivity contribution is -0.127. The summed E-state index contributed by atoms with van der Waals surface area (Å²) in [6, 6.07) is -1.22. The third kappa shape index (κ3) is 6.06. The van der Waals surface area contributed by atoms with Gasteiger partial charge in [0.2, 0.25) is 5.91 Å². The Hall–Kier alpha value is -0.200. The van der Waals surface area contributed by atoms with E-state index in [1.165, 1.54) is 17.7 Å². The molecule has 0 aliphatic carbocycles. The molecule has 0 aromatic carbocycles. The van der Waals surface area contributed by atoms with Crippen LogP contribution in [0.1, 0.15) is 13.3 Å². The van der Waals surface area contributed by atoms with Gasteiger partial charge < -0.3 is 11.1 Å². The average molecular weight is 248 g/mol. The van der Waals surface area contributed by atoms with Crippen molar-refractivity contribution in [3.63, 3.8) is 0 Å². The number of amides is 1. The predicted molar refractivity (Wildman–Crippen MR) is 65.5 cm³/mol. The molecule has 2 radical (unpaired) electrons. The Morgan fingerprint density at radius 3 is 2.53 bits per heavy atom. The van der Waals surface area contributed by atoms with Crippen LogP contribution in [0.4, 0.5) is 0 Å². The fourth-order valence-corrected chi connectivity index (χ4v) is 2.19. The lowest BCUT2D eigenvalue weighted by Crippen LogP contribution is -2.48. The molecular formula is C9H16N2O2S2. The van der Waals surface area contributed by atoms with E-state index in [-0.39, 0.29) is 18.1 Å². The Morgan fingerprint density at radius 2 is 2.13 bits per heavy atom. The Morgan fingerprint density at radius 1 is 1.53 bits per heavy atom. The van der Waals surface area contributed by atoms with Crippen LogP contribution < -0.4 is 11.1 Å². The number of nitrogens with one attached hydrogen (secondary N) is 1. The van der Waals surface area contributed by atoms with Crippen LogP contribution in [0.25, 0.3) is 0 Å². The molecule has 6 heteroatoms. The number of hydrogen-bond donors (Lipinski definition) is 2. The lowest BCUT2D eigenvalue weighted by Gasteiger charge is -2.17. The number of hydrogen-bond acceptors (Lipinski definition) is 5. The van der Waals surface area contributed by atoms with Crippen molar-refractivity contribution >= 4 is 33.3 Å². The average Bonchev–Trinajstić information content (AvgIpc) is 2.22. The van der Waals surface area contributed by atoms with Crippen molar-refractivity contribution in [2.75, 3.05) is 12.0 Å². The van der Waals surface area contributed by atoms with Gasteiger partial charge >= 0.3 is 0 Å². The van der Waals surface area contributed by atoms with Crippen molar-refractivity contribution < 1.29 is 9.59 Å². The molecule has 0 fully saturated rings. The molecule has 0 aliphatic heterocycles. The number of Topliss-reactive ketones (excluding diaryl/α,β-unsaturated/α-hetero) is 1. The van der Waals surface area contributed by atoms with Crippen molar-refractivity contribution in [1.29, 1.82) is 0 Å². The number of carbonyl (C=O) groups is 2. The zero-order valence-electron chi connectivity index (χ0n) is 8.86. The number of ketones is 1. The minimum absolute atomic E-state index is 0.0749. The van der Waals surface area contributed by atoms with Crippen LogP contribution in [-0.2, 0) is 9.59 Å². The highest BCUT2D eigenvalue weighted by atomic mass is 33.1. The monoisotopic (exact) mass is 248 g/mol. The molecule has 0 spiro atoms. The third-order valence-electron chi connectivity index (χ3n) is 1.75. The molecule has 4 nitrogen and oxygen atoms in total. The van der Waals surface area contributed by atoms with Gasteiger partial charge in [-0.2, -0.15) is 0 Å². The first-order valence-electron chi connectivity index (χ1n) is 4.45. The highest BCUT2D eigenvalue weighted by molar-refractivity contribution is 8.76. The van der Waals surface area contributed by atoms with E-state index < -0.39 is 12.1 Å². The van der Waals surface area contributed by atoms with Crippen LogP contribution in [0.15, 0.2) is 0 Å². The van der Waals surface area contributed by atoms with Gasteiger partial charge in [0.1, 0.15) is 0 Å². The van der Waals surface area contributed by atoms with Gasteiger partial charge in [0.15, 0.2) is 5.78 Å². The summed E-state index contributed by atoms with van der Waals surface area (Å²) in [5.41, 5.74) is 5.43. The summed E-state index contributed by atoms with van der Waals surface area (Å²) < 4.78 is 0.